The molecule has 1 aliphatic heterocycles. The topological polar surface area (TPSA) is 60.1 Å². The molecular weight excluding hydrogens is 444 g/mol. The van der Waals surface area contributed by atoms with E-state index in [9.17, 15) is 5.11 Å². The average molecular weight is 468 g/mol. The molecule has 4 aromatic rings. The third-order valence-electron chi connectivity index (χ3n) is 6.38. The van der Waals surface area contributed by atoms with Crippen LogP contribution in [0.3, 0.4) is 0 Å². The van der Waals surface area contributed by atoms with Crippen LogP contribution in [0.2, 0.25) is 5.02 Å². The van der Waals surface area contributed by atoms with Gasteiger partial charge in [-0.05, 0) is 25.5 Å². The number of aromatic nitrogens is 1. The van der Waals surface area contributed by atoms with Crippen LogP contribution in [0, 0.1) is 11.6 Å². The molecule has 0 bridgehead atoms. The predicted octanol–water partition coefficient (Wildman–Crippen LogP) is 6.16. The Morgan fingerprint density at radius 3 is 2.61 bits per heavy atom. The molecule has 0 aliphatic carbocycles. The van der Waals surface area contributed by atoms with Gasteiger partial charge in [0, 0.05) is 34.9 Å². The number of nitrogens with one attached hydrogen (secondary N) is 3. The van der Waals surface area contributed by atoms with Crippen LogP contribution in [0.1, 0.15) is 31.0 Å². The van der Waals surface area contributed by atoms with Gasteiger partial charge in [0.15, 0.2) is 0 Å². The van der Waals surface area contributed by atoms with E-state index in [1.807, 2.05) is 44.2 Å². The van der Waals surface area contributed by atoms with Gasteiger partial charge in [0.25, 0.3) is 0 Å². The lowest BCUT2D eigenvalue weighted by Gasteiger charge is -2.44. The van der Waals surface area contributed by atoms with Crippen molar-refractivity contribution in [1.82, 2.24) is 10.3 Å². The van der Waals surface area contributed by atoms with Crippen molar-refractivity contribution in [3.63, 3.8) is 0 Å². The number of hydrogen-bond acceptors (Lipinski definition) is 3. The molecule has 0 saturated carbocycles. The molecule has 0 fully saturated rings. The molecule has 170 valence electrons. The fourth-order valence-electron chi connectivity index (χ4n) is 4.65. The maximum atomic E-state index is 16.2. The molecule has 0 saturated heterocycles. The number of para-hydroxylation sites is 1. The van der Waals surface area contributed by atoms with E-state index < -0.39 is 29.3 Å². The quantitative estimate of drug-likeness (QED) is 0.290. The first-order chi connectivity index (χ1) is 15.8. The van der Waals surface area contributed by atoms with Gasteiger partial charge in [-0.15, -0.1) is 0 Å². The number of benzene rings is 3. The summed E-state index contributed by atoms with van der Waals surface area (Å²) in [6.45, 7) is 4.04. The molecule has 2 atom stereocenters. The molecule has 5 rings (SSSR count). The van der Waals surface area contributed by atoms with Crippen molar-refractivity contribution < 1.29 is 13.9 Å². The van der Waals surface area contributed by atoms with E-state index >= 15 is 8.78 Å². The van der Waals surface area contributed by atoms with Crippen molar-refractivity contribution in [2.45, 2.75) is 38.1 Å². The minimum Gasteiger partial charge on any atom is -0.389 e. The Hall–Kier alpha value is -2.93. The van der Waals surface area contributed by atoms with Crippen LogP contribution in [0.5, 0.6) is 0 Å². The molecule has 0 radical (unpaired) electrons. The van der Waals surface area contributed by atoms with E-state index in [4.69, 9.17) is 11.6 Å². The van der Waals surface area contributed by atoms with E-state index in [1.165, 1.54) is 6.07 Å². The van der Waals surface area contributed by atoms with Crippen molar-refractivity contribution >= 4 is 28.2 Å². The van der Waals surface area contributed by atoms with E-state index in [2.05, 4.69) is 15.6 Å². The highest BCUT2D eigenvalue weighted by Crippen LogP contribution is 2.44. The Labute approximate surface area is 195 Å². The fraction of sp³-hybridized carbons (Fsp3) is 0.231. The molecular formula is C26H24ClF2N3O. The Morgan fingerprint density at radius 1 is 1.09 bits per heavy atom. The molecule has 1 aromatic heterocycles. The van der Waals surface area contributed by atoms with Gasteiger partial charge >= 0.3 is 0 Å². The first kappa shape index (κ1) is 21.9. The van der Waals surface area contributed by atoms with Gasteiger partial charge in [-0.3, -0.25) is 0 Å². The summed E-state index contributed by atoms with van der Waals surface area (Å²) in [7, 11) is 0. The summed E-state index contributed by atoms with van der Waals surface area (Å²) >= 11 is 6.23. The van der Waals surface area contributed by atoms with Crippen LogP contribution in [0.4, 0.5) is 14.5 Å². The number of halogens is 3. The molecule has 4 N–H and O–H groups in total. The number of aliphatic hydroxyl groups is 1. The monoisotopic (exact) mass is 467 g/mol. The zero-order chi connectivity index (χ0) is 23.3. The molecule has 33 heavy (non-hydrogen) atoms. The summed E-state index contributed by atoms with van der Waals surface area (Å²) in [5.41, 5.74) is 1.51. The fourth-order valence-corrected chi connectivity index (χ4v) is 4.86. The average Bonchev–Trinajstić information content (AvgIpc) is 3.16. The highest BCUT2D eigenvalue weighted by molar-refractivity contribution is 6.36. The first-order valence-electron chi connectivity index (χ1n) is 10.8. The Kier molecular flexibility index (Phi) is 5.40. The van der Waals surface area contributed by atoms with Crippen LogP contribution >= 0.6 is 11.6 Å². The number of aromatic amines is 1. The summed E-state index contributed by atoms with van der Waals surface area (Å²) in [5, 5.41) is 18.7. The smallest absolute Gasteiger partial charge is 0.140 e. The van der Waals surface area contributed by atoms with E-state index in [-0.39, 0.29) is 11.1 Å². The predicted molar refractivity (Wildman–Crippen MR) is 128 cm³/mol. The van der Waals surface area contributed by atoms with Gasteiger partial charge in [0.05, 0.1) is 33.8 Å². The van der Waals surface area contributed by atoms with Gasteiger partial charge in [0.2, 0.25) is 0 Å². The number of aliphatic hydroxyl groups excluding tert-OH is 1. The van der Waals surface area contributed by atoms with E-state index in [1.54, 1.807) is 24.4 Å². The third-order valence-corrected chi connectivity index (χ3v) is 6.69. The standard InChI is InChI=1S/C26H24ClF2N3O/c1-26(2)25(33)24(30-12-14-7-4-3-5-8-14)21-19(32-26)11-18(28)20(22(21)29)16-10-6-9-15-17(27)13-31-23(15)16/h3-11,13,24-25,30-33H,12H2,1-2H3/t24?,25-/m1/s1. The lowest BCUT2D eigenvalue weighted by Crippen LogP contribution is -2.54. The number of hydrogen-bond donors (Lipinski definition) is 4. The molecule has 0 amide bonds. The highest BCUT2D eigenvalue weighted by Gasteiger charge is 2.43. The lowest BCUT2D eigenvalue weighted by atomic mass is 9.81. The van der Waals surface area contributed by atoms with Crippen molar-refractivity contribution in [3.8, 4) is 11.1 Å². The second kappa shape index (κ2) is 8.13. The number of fused-ring (bicyclic) bond motifs is 2. The van der Waals surface area contributed by atoms with Gasteiger partial charge in [-0.25, -0.2) is 8.78 Å². The summed E-state index contributed by atoms with van der Waals surface area (Å²) in [5.74, 6) is -1.40. The molecule has 4 nitrogen and oxygen atoms in total. The van der Waals surface area contributed by atoms with Crippen LogP contribution in [-0.2, 0) is 6.54 Å². The minimum absolute atomic E-state index is 0.155. The zero-order valence-corrected chi connectivity index (χ0v) is 19.0. The maximum absolute atomic E-state index is 16.2. The number of rotatable bonds is 4. The van der Waals surface area contributed by atoms with Crippen LogP contribution in [-0.4, -0.2) is 21.7 Å². The van der Waals surface area contributed by atoms with Gasteiger partial charge in [0.1, 0.15) is 11.6 Å². The second-order valence-corrected chi connectivity index (χ2v) is 9.42. The van der Waals surface area contributed by atoms with Crippen LogP contribution in [0.15, 0.2) is 60.8 Å². The normalized spacial score (nSPS) is 19.3. The summed E-state index contributed by atoms with van der Waals surface area (Å²) in [4.78, 5) is 3.02. The molecule has 7 heteroatoms. The minimum atomic E-state index is -0.961. The van der Waals surface area contributed by atoms with Gasteiger partial charge < -0.3 is 20.7 Å². The van der Waals surface area contributed by atoms with Gasteiger partial charge in [-0.2, -0.15) is 0 Å². The van der Waals surface area contributed by atoms with Crippen LogP contribution < -0.4 is 10.6 Å². The Morgan fingerprint density at radius 2 is 1.85 bits per heavy atom. The van der Waals surface area contributed by atoms with Crippen molar-refractivity contribution in [3.05, 3.63) is 88.6 Å². The summed E-state index contributed by atoms with van der Waals surface area (Å²) in [6.07, 6.45) is 0.638. The van der Waals surface area contributed by atoms with Crippen LogP contribution in [0.25, 0.3) is 22.0 Å². The number of H-pyrrole nitrogens is 1. The second-order valence-electron chi connectivity index (χ2n) is 9.01. The maximum Gasteiger partial charge on any atom is 0.140 e. The Balaban J connectivity index is 1.66. The third kappa shape index (κ3) is 3.68. The van der Waals surface area contributed by atoms with Gasteiger partial charge in [-0.1, -0.05) is 60.1 Å². The van der Waals surface area contributed by atoms with Crippen molar-refractivity contribution in [2.75, 3.05) is 5.32 Å². The molecule has 1 unspecified atom stereocenters. The summed E-state index contributed by atoms with van der Waals surface area (Å²) < 4.78 is 31.5. The zero-order valence-electron chi connectivity index (χ0n) is 18.2. The van der Waals surface area contributed by atoms with E-state index in [0.717, 1.165) is 5.56 Å². The highest BCUT2D eigenvalue weighted by atomic mass is 35.5. The molecule has 1 aliphatic rings. The van der Waals surface area contributed by atoms with Crippen molar-refractivity contribution in [1.29, 1.82) is 0 Å². The SMILES string of the molecule is CC1(C)Nc2cc(F)c(-c3cccc4c(Cl)c[nH]c34)c(F)c2C(NCc2ccccc2)[C@H]1O. The lowest BCUT2D eigenvalue weighted by molar-refractivity contribution is 0.0663. The largest absolute Gasteiger partial charge is 0.389 e. The van der Waals surface area contributed by atoms with E-state index in [0.29, 0.717) is 33.7 Å². The first-order valence-corrected chi connectivity index (χ1v) is 11.2. The number of anilines is 1. The molecule has 3 aromatic carbocycles. The van der Waals surface area contributed by atoms with Crippen molar-refractivity contribution in [2.24, 2.45) is 0 Å². The summed E-state index contributed by atoms with van der Waals surface area (Å²) in [6, 6.07) is 15.4. The molecule has 0 spiro atoms. The Bertz CT molecular complexity index is 1340. The molecule has 2 heterocycles.